The second-order valence-electron chi connectivity index (χ2n) is 6.09. The third-order valence-corrected chi connectivity index (χ3v) is 5.86. The normalized spacial score (nSPS) is 19.1. The lowest BCUT2D eigenvalue weighted by Crippen LogP contribution is -2.17. The largest absolute Gasteiger partial charge is 0.326 e. The van der Waals surface area contributed by atoms with Crippen LogP contribution in [0.3, 0.4) is 0 Å². The minimum atomic E-state index is -2.95. The van der Waals surface area contributed by atoms with E-state index in [-0.39, 0.29) is 29.8 Å². The van der Waals surface area contributed by atoms with Crippen LogP contribution < -0.4 is 5.32 Å². The summed E-state index contributed by atoms with van der Waals surface area (Å²) in [4.78, 5) is 20.6. The Labute approximate surface area is 141 Å². The number of aromatic nitrogens is 2. The summed E-state index contributed by atoms with van der Waals surface area (Å²) in [6, 6.07) is 9.24. The number of rotatable bonds is 4. The summed E-state index contributed by atoms with van der Waals surface area (Å²) in [5.74, 6) is 0.744. The highest BCUT2D eigenvalue weighted by molar-refractivity contribution is 7.91. The Morgan fingerprint density at radius 1 is 1.33 bits per heavy atom. The number of amides is 1. The molecule has 0 saturated carbocycles. The highest BCUT2D eigenvalue weighted by atomic mass is 32.2. The van der Waals surface area contributed by atoms with Crippen molar-refractivity contribution in [1.29, 1.82) is 0 Å². The number of carbonyl (C=O) groups is 1. The molecule has 3 rings (SSSR count). The number of sulfone groups is 1. The quantitative estimate of drug-likeness (QED) is 0.918. The van der Waals surface area contributed by atoms with Crippen molar-refractivity contribution in [3.63, 3.8) is 0 Å². The third-order valence-electron chi connectivity index (χ3n) is 4.02. The third kappa shape index (κ3) is 4.17. The summed E-state index contributed by atoms with van der Waals surface area (Å²) in [5.41, 5.74) is 2.36. The number of anilines is 1. The fourth-order valence-corrected chi connectivity index (χ4v) is 4.74. The molecule has 1 saturated heterocycles. The first-order valence-electron chi connectivity index (χ1n) is 7.82. The predicted molar refractivity (Wildman–Crippen MR) is 92.2 cm³/mol. The molecule has 1 aliphatic rings. The van der Waals surface area contributed by atoms with Crippen molar-refractivity contribution >= 4 is 21.4 Å². The van der Waals surface area contributed by atoms with Gasteiger partial charge in [-0.15, -0.1) is 0 Å². The summed E-state index contributed by atoms with van der Waals surface area (Å²) < 4.78 is 22.9. The maximum absolute atomic E-state index is 12.1. The van der Waals surface area contributed by atoms with Crippen molar-refractivity contribution in [2.75, 3.05) is 16.8 Å². The van der Waals surface area contributed by atoms with Crippen LogP contribution in [0.15, 0.2) is 36.5 Å². The van der Waals surface area contributed by atoms with Gasteiger partial charge in [-0.2, -0.15) is 0 Å². The summed E-state index contributed by atoms with van der Waals surface area (Å²) in [6.07, 6.45) is 2.50. The number of aryl methyl sites for hydroxylation is 1. The first-order chi connectivity index (χ1) is 11.4. The van der Waals surface area contributed by atoms with Gasteiger partial charge in [-0.3, -0.25) is 4.79 Å². The van der Waals surface area contributed by atoms with E-state index in [1.807, 2.05) is 31.2 Å². The molecule has 2 aromatic rings. The SMILES string of the molecule is Cc1nccc(-c2cccc(NC(=O)CC3CCS(=O)(=O)C3)c2)n1. The first-order valence-corrected chi connectivity index (χ1v) is 9.64. The van der Waals surface area contributed by atoms with Crippen LogP contribution in [0.1, 0.15) is 18.7 Å². The number of hydrogen-bond donors (Lipinski definition) is 1. The fourth-order valence-electron chi connectivity index (χ4n) is 2.88. The van der Waals surface area contributed by atoms with E-state index in [1.54, 1.807) is 12.3 Å². The molecular weight excluding hydrogens is 326 g/mol. The molecule has 1 unspecified atom stereocenters. The number of benzene rings is 1. The summed E-state index contributed by atoms with van der Waals surface area (Å²) in [5, 5.41) is 2.84. The Morgan fingerprint density at radius 3 is 2.88 bits per heavy atom. The maximum Gasteiger partial charge on any atom is 0.224 e. The Hall–Kier alpha value is -2.28. The first kappa shape index (κ1) is 16.6. The molecule has 7 heteroatoms. The smallest absolute Gasteiger partial charge is 0.224 e. The van der Waals surface area contributed by atoms with Crippen molar-refractivity contribution in [2.24, 2.45) is 5.92 Å². The van der Waals surface area contributed by atoms with Gasteiger partial charge in [0.2, 0.25) is 5.91 Å². The second-order valence-corrected chi connectivity index (χ2v) is 8.32. The lowest BCUT2D eigenvalue weighted by molar-refractivity contribution is -0.116. The molecular formula is C17H19N3O3S. The van der Waals surface area contributed by atoms with Crippen molar-refractivity contribution in [3.05, 3.63) is 42.4 Å². The average Bonchev–Trinajstić information content (AvgIpc) is 2.86. The second kappa shape index (κ2) is 6.68. The molecule has 1 aromatic heterocycles. The summed E-state index contributed by atoms with van der Waals surface area (Å²) in [6.45, 7) is 1.82. The Bertz CT molecular complexity index is 865. The van der Waals surface area contributed by atoms with Crippen LogP contribution in [0, 0.1) is 12.8 Å². The molecule has 24 heavy (non-hydrogen) atoms. The molecule has 1 amide bonds. The van der Waals surface area contributed by atoms with E-state index in [9.17, 15) is 13.2 Å². The monoisotopic (exact) mass is 345 g/mol. The molecule has 0 radical (unpaired) electrons. The molecule has 2 heterocycles. The van der Waals surface area contributed by atoms with Gasteiger partial charge in [0.25, 0.3) is 0 Å². The van der Waals surface area contributed by atoms with E-state index < -0.39 is 9.84 Å². The van der Waals surface area contributed by atoms with E-state index >= 15 is 0 Å². The summed E-state index contributed by atoms with van der Waals surface area (Å²) >= 11 is 0. The van der Waals surface area contributed by atoms with Gasteiger partial charge in [0, 0.05) is 23.9 Å². The van der Waals surface area contributed by atoms with Gasteiger partial charge in [-0.1, -0.05) is 12.1 Å². The van der Waals surface area contributed by atoms with Gasteiger partial charge in [-0.25, -0.2) is 18.4 Å². The van der Waals surface area contributed by atoms with E-state index in [1.165, 1.54) is 0 Å². The molecule has 1 aliphatic heterocycles. The van der Waals surface area contributed by atoms with Crippen molar-refractivity contribution < 1.29 is 13.2 Å². The highest BCUT2D eigenvalue weighted by Gasteiger charge is 2.29. The lowest BCUT2D eigenvalue weighted by Gasteiger charge is -2.10. The zero-order chi connectivity index (χ0) is 17.2. The van der Waals surface area contributed by atoms with Crippen LogP contribution >= 0.6 is 0 Å². The minimum absolute atomic E-state index is 0.0808. The van der Waals surface area contributed by atoms with E-state index in [4.69, 9.17) is 0 Å². The van der Waals surface area contributed by atoms with Gasteiger partial charge in [0.05, 0.1) is 17.2 Å². The highest BCUT2D eigenvalue weighted by Crippen LogP contribution is 2.24. The van der Waals surface area contributed by atoms with Crippen molar-refractivity contribution in [3.8, 4) is 11.3 Å². The van der Waals surface area contributed by atoms with Crippen LogP contribution in [0.2, 0.25) is 0 Å². The van der Waals surface area contributed by atoms with Crippen LogP contribution in [0.4, 0.5) is 5.69 Å². The Morgan fingerprint density at radius 2 is 2.17 bits per heavy atom. The van der Waals surface area contributed by atoms with E-state index in [0.29, 0.717) is 17.9 Å². The molecule has 6 nitrogen and oxygen atoms in total. The molecule has 0 aliphatic carbocycles. The van der Waals surface area contributed by atoms with Gasteiger partial charge < -0.3 is 5.32 Å². The molecule has 1 fully saturated rings. The minimum Gasteiger partial charge on any atom is -0.326 e. The molecule has 1 aromatic carbocycles. The molecule has 126 valence electrons. The number of carbonyl (C=O) groups excluding carboxylic acids is 1. The maximum atomic E-state index is 12.1. The van der Waals surface area contributed by atoms with E-state index in [0.717, 1.165) is 11.3 Å². The van der Waals surface area contributed by atoms with Gasteiger partial charge in [-0.05, 0) is 37.5 Å². The van der Waals surface area contributed by atoms with Crippen LogP contribution in [0.25, 0.3) is 11.3 Å². The van der Waals surface area contributed by atoms with Crippen molar-refractivity contribution in [1.82, 2.24) is 9.97 Å². The van der Waals surface area contributed by atoms with Crippen LogP contribution in [0.5, 0.6) is 0 Å². The molecule has 1 atom stereocenters. The topological polar surface area (TPSA) is 89.0 Å². The standard InChI is InChI=1S/C17H19N3O3S/c1-12-18-7-5-16(19-12)14-3-2-4-15(10-14)20-17(21)9-13-6-8-24(22,23)11-13/h2-5,7,10,13H,6,8-9,11H2,1H3,(H,20,21). The zero-order valence-electron chi connectivity index (χ0n) is 13.4. The van der Waals surface area contributed by atoms with Gasteiger partial charge >= 0.3 is 0 Å². The van der Waals surface area contributed by atoms with E-state index in [2.05, 4.69) is 15.3 Å². The van der Waals surface area contributed by atoms with Gasteiger partial charge in [0.15, 0.2) is 9.84 Å². The van der Waals surface area contributed by atoms with Crippen molar-refractivity contribution in [2.45, 2.75) is 19.8 Å². The number of nitrogens with one attached hydrogen (secondary N) is 1. The molecule has 0 spiro atoms. The lowest BCUT2D eigenvalue weighted by atomic mass is 10.0. The van der Waals surface area contributed by atoms with Gasteiger partial charge in [0.1, 0.15) is 5.82 Å². The predicted octanol–water partition coefficient (Wildman–Crippen LogP) is 2.22. The molecule has 1 N–H and O–H groups in total. The molecule has 0 bridgehead atoms. The number of nitrogens with zero attached hydrogens (tertiary/aromatic N) is 2. The van der Waals surface area contributed by atoms with Crippen LogP contribution in [-0.2, 0) is 14.6 Å². The fraction of sp³-hybridized carbons (Fsp3) is 0.353. The van der Waals surface area contributed by atoms with Crippen LogP contribution in [-0.4, -0.2) is 35.8 Å². The zero-order valence-corrected chi connectivity index (χ0v) is 14.2. The Balaban J connectivity index is 1.67. The average molecular weight is 345 g/mol. The number of hydrogen-bond acceptors (Lipinski definition) is 5. The summed E-state index contributed by atoms with van der Waals surface area (Å²) in [7, 11) is -2.95. The Kier molecular flexibility index (Phi) is 4.62.